The number of halogens is 1. The highest BCUT2D eigenvalue weighted by Gasteiger charge is 2.16. The topological polar surface area (TPSA) is 97.2 Å². The molecule has 1 N–H and O–H groups in total. The molecule has 33 heavy (non-hydrogen) atoms. The van der Waals surface area contributed by atoms with Gasteiger partial charge in [0.2, 0.25) is 0 Å². The van der Waals surface area contributed by atoms with Crippen molar-refractivity contribution >= 4 is 17.6 Å². The number of rotatable bonds is 6. The van der Waals surface area contributed by atoms with Crippen LogP contribution in [0.4, 0.5) is 4.39 Å². The van der Waals surface area contributed by atoms with E-state index in [1.54, 1.807) is 48.5 Å². The summed E-state index contributed by atoms with van der Waals surface area (Å²) in [7, 11) is 1.50. The van der Waals surface area contributed by atoms with Gasteiger partial charge in [-0.3, -0.25) is 14.4 Å². The maximum absolute atomic E-state index is 13.0. The Hall–Kier alpha value is -4.46. The molecular formula is C25H18FN3O4. The zero-order valence-electron chi connectivity index (χ0n) is 17.5. The second kappa shape index (κ2) is 9.35. The van der Waals surface area contributed by atoms with E-state index >= 15 is 0 Å². The molecule has 0 aliphatic carbocycles. The Kier molecular flexibility index (Phi) is 6.17. The number of ketones is 1. The lowest BCUT2D eigenvalue weighted by Crippen LogP contribution is -2.33. The molecule has 0 bridgehead atoms. The van der Waals surface area contributed by atoms with E-state index < -0.39 is 11.7 Å². The number of hydrogen-bond donors (Lipinski definition) is 1. The molecule has 4 rings (SSSR count). The fraction of sp³-hybridized carbons (Fsp3) is 0.0800. The summed E-state index contributed by atoms with van der Waals surface area (Å²) in [6.07, 6.45) is 1.13. The van der Waals surface area contributed by atoms with Crippen molar-refractivity contribution < 1.29 is 23.5 Å². The zero-order chi connectivity index (χ0) is 23.4. The normalized spacial score (nSPS) is 13.5. The van der Waals surface area contributed by atoms with Crippen LogP contribution in [0.2, 0.25) is 0 Å². The van der Waals surface area contributed by atoms with Crippen LogP contribution in [0.1, 0.15) is 26.3 Å². The average Bonchev–Trinajstić information content (AvgIpc) is 2.83. The van der Waals surface area contributed by atoms with Gasteiger partial charge < -0.3 is 10.1 Å². The zero-order valence-corrected chi connectivity index (χ0v) is 17.5. The van der Waals surface area contributed by atoms with Crippen LogP contribution in [0.5, 0.6) is 5.75 Å². The van der Waals surface area contributed by atoms with E-state index in [0.717, 1.165) is 11.6 Å². The Balaban J connectivity index is 1.54. The standard InChI is InChI=1S/C25H18FN3O4/c1-33-19-4-2-3-16(11-19)23(30)13-22-25(32)29-21-12-17(7-10-20(21)28-22)24(31)27-14-15-5-8-18(26)9-6-15/h2-13H,14H2,1H3,(H,27,31)/b22-13-. The van der Waals surface area contributed by atoms with Crippen molar-refractivity contribution in [2.24, 2.45) is 9.98 Å². The first-order chi connectivity index (χ1) is 15.9. The third kappa shape index (κ3) is 5.07. The number of allylic oxidation sites excluding steroid dienone is 1. The Morgan fingerprint density at radius 2 is 1.76 bits per heavy atom. The van der Waals surface area contributed by atoms with Gasteiger partial charge in [0.25, 0.3) is 11.8 Å². The van der Waals surface area contributed by atoms with E-state index in [1.165, 1.54) is 25.3 Å². The van der Waals surface area contributed by atoms with Crippen LogP contribution in [0.25, 0.3) is 0 Å². The number of amides is 2. The Morgan fingerprint density at radius 3 is 2.52 bits per heavy atom. The number of carbonyl (C=O) groups excluding carboxylic acids is 3. The van der Waals surface area contributed by atoms with Crippen LogP contribution in [0.15, 0.2) is 88.5 Å². The van der Waals surface area contributed by atoms with Gasteiger partial charge >= 0.3 is 0 Å². The molecule has 0 unspecified atom stereocenters. The third-order valence-corrected chi connectivity index (χ3v) is 4.91. The highest BCUT2D eigenvalue weighted by Crippen LogP contribution is 2.14. The van der Waals surface area contributed by atoms with Crippen molar-refractivity contribution in [2.75, 3.05) is 7.11 Å². The molecule has 0 saturated heterocycles. The summed E-state index contributed by atoms with van der Waals surface area (Å²) < 4.78 is 18.1. The van der Waals surface area contributed by atoms with E-state index in [2.05, 4.69) is 15.3 Å². The molecule has 8 heteroatoms. The minimum Gasteiger partial charge on any atom is -0.497 e. The Bertz CT molecular complexity index is 1410. The number of nitrogens with one attached hydrogen (secondary N) is 1. The number of hydrogen-bond acceptors (Lipinski definition) is 5. The smallest absolute Gasteiger partial charge is 0.296 e. The fourth-order valence-electron chi connectivity index (χ4n) is 3.16. The average molecular weight is 443 g/mol. The van der Waals surface area contributed by atoms with Crippen LogP contribution in [0.3, 0.4) is 0 Å². The van der Waals surface area contributed by atoms with Crippen molar-refractivity contribution in [1.29, 1.82) is 0 Å². The van der Waals surface area contributed by atoms with E-state index in [9.17, 15) is 18.8 Å². The van der Waals surface area contributed by atoms with Crippen LogP contribution in [0, 0.1) is 5.82 Å². The minimum absolute atomic E-state index is 0.0937. The van der Waals surface area contributed by atoms with Gasteiger partial charge in [0, 0.05) is 23.7 Å². The SMILES string of the molecule is COc1cccc(C(=O)/C=C2\N=c3ccc(C(=O)NCc4ccc(F)cc4)cc3=NC2=O)c1. The molecule has 1 aliphatic rings. The summed E-state index contributed by atoms with van der Waals surface area (Å²) in [6, 6.07) is 16.9. The minimum atomic E-state index is -0.678. The molecule has 2 amide bonds. The Labute approximate surface area is 188 Å². The van der Waals surface area contributed by atoms with Gasteiger partial charge in [-0.2, -0.15) is 0 Å². The Morgan fingerprint density at radius 1 is 0.970 bits per heavy atom. The number of ether oxygens (including phenoxy) is 1. The lowest BCUT2D eigenvalue weighted by atomic mass is 10.1. The molecule has 3 aromatic carbocycles. The number of nitrogens with zero attached hydrogens (tertiary/aromatic N) is 2. The number of methoxy groups -OCH3 is 1. The molecule has 164 valence electrons. The first-order valence-electron chi connectivity index (χ1n) is 9.97. The highest BCUT2D eigenvalue weighted by molar-refractivity contribution is 6.10. The van der Waals surface area contributed by atoms with E-state index in [1.807, 2.05) is 0 Å². The van der Waals surface area contributed by atoms with Gasteiger partial charge in [-0.25, -0.2) is 14.4 Å². The molecule has 0 atom stereocenters. The van der Waals surface area contributed by atoms with Gasteiger partial charge in [-0.05, 0) is 48.0 Å². The predicted octanol–water partition coefficient (Wildman–Crippen LogP) is 2.31. The van der Waals surface area contributed by atoms with E-state index in [4.69, 9.17) is 4.74 Å². The van der Waals surface area contributed by atoms with Gasteiger partial charge in [0.1, 0.15) is 17.3 Å². The fourth-order valence-corrected chi connectivity index (χ4v) is 3.16. The van der Waals surface area contributed by atoms with Gasteiger partial charge in [-0.1, -0.05) is 24.3 Å². The van der Waals surface area contributed by atoms with Crippen molar-refractivity contribution in [2.45, 2.75) is 6.54 Å². The lowest BCUT2D eigenvalue weighted by molar-refractivity contribution is -0.114. The molecule has 0 radical (unpaired) electrons. The molecule has 0 spiro atoms. The molecule has 1 aliphatic heterocycles. The number of benzene rings is 3. The van der Waals surface area contributed by atoms with E-state index in [-0.39, 0.29) is 29.3 Å². The third-order valence-electron chi connectivity index (χ3n) is 4.91. The second-order valence-electron chi connectivity index (χ2n) is 7.17. The monoisotopic (exact) mass is 443 g/mol. The predicted molar refractivity (Wildman–Crippen MR) is 117 cm³/mol. The first-order valence-corrected chi connectivity index (χ1v) is 9.97. The van der Waals surface area contributed by atoms with Crippen molar-refractivity contribution in [1.82, 2.24) is 5.32 Å². The molecule has 0 aromatic heterocycles. The maximum Gasteiger partial charge on any atom is 0.296 e. The van der Waals surface area contributed by atoms with Gasteiger partial charge in [-0.15, -0.1) is 0 Å². The summed E-state index contributed by atoms with van der Waals surface area (Å²) in [6.45, 7) is 0.218. The largest absolute Gasteiger partial charge is 0.497 e. The number of carbonyl (C=O) groups is 3. The first kappa shape index (κ1) is 21.8. The molecule has 3 aromatic rings. The summed E-state index contributed by atoms with van der Waals surface area (Å²) >= 11 is 0. The molecule has 0 fully saturated rings. The van der Waals surface area contributed by atoms with Crippen LogP contribution >= 0.6 is 0 Å². The lowest BCUT2D eigenvalue weighted by Gasteiger charge is -2.07. The van der Waals surface area contributed by atoms with Crippen LogP contribution in [-0.4, -0.2) is 24.7 Å². The van der Waals surface area contributed by atoms with Crippen LogP contribution in [-0.2, 0) is 11.3 Å². The van der Waals surface area contributed by atoms with Crippen molar-refractivity contribution in [3.8, 4) is 5.75 Å². The highest BCUT2D eigenvalue weighted by atomic mass is 19.1. The molecule has 0 saturated carbocycles. The van der Waals surface area contributed by atoms with Crippen LogP contribution < -0.4 is 20.8 Å². The van der Waals surface area contributed by atoms with Crippen molar-refractivity contribution in [3.63, 3.8) is 0 Å². The summed E-state index contributed by atoms with van der Waals surface area (Å²) in [5.41, 5.74) is 1.29. The van der Waals surface area contributed by atoms with Gasteiger partial charge in [0.15, 0.2) is 5.78 Å². The van der Waals surface area contributed by atoms with E-state index in [0.29, 0.717) is 22.2 Å². The van der Waals surface area contributed by atoms with Crippen molar-refractivity contribution in [3.05, 3.63) is 112 Å². The quantitative estimate of drug-likeness (QED) is 0.467. The maximum atomic E-state index is 13.0. The summed E-state index contributed by atoms with van der Waals surface area (Å²) in [5.74, 6) is -1.29. The molecule has 7 nitrogen and oxygen atoms in total. The second-order valence-corrected chi connectivity index (χ2v) is 7.17. The molecule has 1 heterocycles. The number of fused-ring (bicyclic) bond motifs is 1. The summed E-state index contributed by atoms with van der Waals surface area (Å²) in [4.78, 5) is 45.6. The van der Waals surface area contributed by atoms with Gasteiger partial charge in [0.05, 0.1) is 17.8 Å². The molecular weight excluding hydrogens is 425 g/mol. The summed E-state index contributed by atoms with van der Waals surface area (Å²) in [5, 5.41) is 3.34.